The normalized spacial score (nSPS) is 19.9. The molecule has 23 heavy (non-hydrogen) atoms. The quantitative estimate of drug-likeness (QED) is 0.787. The summed E-state index contributed by atoms with van der Waals surface area (Å²) in [5, 5.41) is 9.23. The molecule has 0 amide bonds. The van der Waals surface area contributed by atoms with Crippen molar-refractivity contribution >= 4 is 33.0 Å². The Hall–Kier alpha value is -1.92. The Morgan fingerprint density at radius 2 is 2.30 bits per heavy atom. The summed E-state index contributed by atoms with van der Waals surface area (Å²) in [6.07, 6.45) is 1.78. The van der Waals surface area contributed by atoms with Crippen LogP contribution in [0.2, 0.25) is 5.02 Å². The largest absolute Gasteiger partial charge is 0.357 e. The highest BCUT2D eigenvalue weighted by Crippen LogP contribution is 2.43. The van der Waals surface area contributed by atoms with E-state index in [1.165, 1.54) is 21.4 Å². The summed E-state index contributed by atoms with van der Waals surface area (Å²) in [6, 6.07) is 9.83. The molecule has 2 heterocycles. The maximum atomic E-state index is 12.0. The van der Waals surface area contributed by atoms with Crippen molar-refractivity contribution in [3.05, 3.63) is 57.0 Å². The predicted molar refractivity (Wildman–Crippen MR) is 92.7 cm³/mol. The van der Waals surface area contributed by atoms with Gasteiger partial charge in [0.2, 0.25) is 10.1 Å². The second-order valence-electron chi connectivity index (χ2n) is 5.69. The van der Waals surface area contributed by atoms with E-state index in [-0.39, 0.29) is 5.56 Å². The molecule has 0 radical (unpaired) electrons. The highest BCUT2D eigenvalue weighted by molar-refractivity contribution is 7.20. The fraction of sp³-hybridized carbons (Fsp3) is 0.312. The Morgan fingerprint density at radius 1 is 1.43 bits per heavy atom. The van der Waals surface area contributed by atoms with Gasteiger partial charge in [-0.1, -0.05) is 42.0 Å². The number of nitrogens with zero attached hydrogens (tertiary/aromatic N) is 3. The minimum Gasteiger partial charge on any atom is -0.357 e. The zero-order valence-electron chi connectivity index (χ0n) is 12.5. The smallest absolute Gasteiger partial charge is 0.275 e. The van der Waals surface area contributed by atoms with Crippen molar-refractivity contribution in [2.24, 2.45) is 0 Å². The Labute approximate surface area is 141 Å². The summed E-state index contributed by atoms with van der Waals surface area (Å²) in [4.78, 5) is 17.1. The third kappa shape index (κ3) is 2.84. The molecule has 1 fully saturated rings. The monoisotopic (exact) mass is 346 g/mol. The molecule has 1 saturated carbocycles. The van der Waals surface area contributed by atoms with Crippen LogP contribution >= 0.6 is 22.9 Å². The first-order chi connectivity index (χ1) is 11.1. The molecular formula is C16H15ClN4OS. The lowest BCUT2D eigenvalue weighted by molar-refractivity contribution is 0.872. The number of fused-ring (bicyclic) bond motifs is 1. The van der Waals surface area contributed by atoms with E-state index < -0.39 is 0 Å². The molecule has 0 bridgehead atoms. The van der Waals surface area contributed by atoms with E-state index in [1.54, 1.807) is 6.07 Å². The molecule has 5 nitrogen and oxygen atoms in total. The molecule has 118 valence electrons. The molecule has 0 aliphatic heterocycles. The van der Waals surface area contributed by atoms with E-state index in [1.807, 2.05) is 25.1 Å². The Morgan fingerprint density at radius 3 is 3.09 bits per heavy atom. The fourth-order valence-electron chi connectivity index (χ4n) is 2.71. The lowest BCUT2D eigenvalue weighted by atomic mass is 10.1. The maximum absolute atomic E-state index is 12.0. The number of benzene rings is 1. The van der Waals surface area contributed by atoms with Crippen LogP contribution in [0.4, 0.5) is 5.13 Å². The zero-order chi connectivity index (χ0) is 16.0. The lowest BCUT2D eigenvalue weighted by Crippen LogP contribution is -2.15. The SMILES string of the molecule is CCc1cc(=O)n2nc(NC3CC3c3cccc(Cl)c3)sc2n1. The van der Waals surface area contributed by atoms with Crippen LogP contribution in [0.25, 0.3) is 4.96 Å². The first-order valence-corrected chi connectivity index (χ1v) is 8.75. The van der Waals surface area contributed by atoms with Gasteiger partial charge in [0, 0.05) is 28.7 Å². The van der Waals surface area contributed by atoms with Crippen LogP contribution in [-0.2, 0) is 6.42 Å². The molecule has 1 aliphatic carbocycles. The van der Waals surface area contributed by atoms with Gasteiger partial charge in [-0.15, -0.1) is 5.10 Å². The van der Waals surface area contributed by atoms with Gasteiger partial charge in [0.25, 0.3) is 5.56 Å². The Balaban J connectivity index is 1.55. The number of hydrogen-bond donors (Lipinski definition) is 1. The van der Waals surface area contributed by atoms with Crippen molar-refractivity contribution in [3.8, 4) is 0 Å². The predicted octanol–water partition coefficient (Wildman–Crippen LogP) is 3.33. The molecule has 2 atom stereocenters. The summed E-state index contributed by atoms with van der Waals surface area (Å²) in [7, 11) is 0. The Kier molecular flexibility index (Phi) is 3.58. The van der Waals surface area contributed by atoms with E-state index in [2.05, 4.69) is 21.5 Å². The number of halogens is 1. The number of anilines is 1. The minimum atomic E-state index is -0.127. The van der Waals surface area contributed by atoms with Gasteiger partial charge in [-0.2, -0.15) is 4.52 Å². The molecule has 1 aliphatic rings. The second kappa shape index (κ2) is 5.62. The maximum Gasteiger partial charge on any atom is 0.275 e. The van der Waals surface area contributed by atoms with Crippen molar-refractivity contribution in [1.29, 1.82) is 0 Å². The van der Waals surface area contributed by atoms with Crippen LogP contribution in [0.3, 0.4) is 0 Å². The number of rotatable bonds is 4. The molecule has 4 rings (SSSR count). The summed E-state index contributed by atoms with van der Waals surface area (Å²) in [6.45, 7) is 1.98. The van der Waals surface area contributed by atoms with Gasteiger partial charge in [-0.25, -0.2) is 4.98 Å². The number of aromatic nitrogens is 3. The highest BCUT2D eigenvalue weighted by Gasteiger charge is 2.39. The van der Waals surface area contributed by atoms with Crippen LogP contribution in [0.1, 0.15) is 30.5 Å². The number of hydrogen-bond acceptors (Lipinski definition) is 5. The minimum absolute atomic E-state index is 0.127. The number of aryl methyl sites for hydroxylation is 1. The van der Waals surface area contributed by atoms with Gasteiger partial charge in [-0.05, 0) is 30.5 Å². The van der Waals surface area contributed by atoms with Crippen molar-refractivity contribution in [2.45, 2.75) is 31.7 Å². The molecular weight excluding hydrogens is 332 g/mol. The standard InChI is InChI=1S/C16H15ClN4OS/c1-2-11-7-14(22)21-16(18-11)23-15(20-21)19-13-8-12(13)9-4-3-5-10(17)6-9/h3-7,12-13H,2,8H2,1H3,(H,19,20). The summed E-state index contributed by atoms with van der Waals surface area (Å²) < 4.78 is 1.36. The van der Waals surface area contributed by atoms with E-state index in [4.69, 9.17) is 11.6 Å². The van der Waals surface area contributed by atoms with Gasteiger partial charge in [-0.3, -0.25) is 4.79 Å². The van der Waals surface area contributed by atoms with Crippen LogP contribution in [0.15, 0.2) is 35.1 Å². The van der Waals surface area contributed by atoms with Crippen molar-refractivity contribution in [3.63, 3.8) is 0 Å². The number of nitrogens with one attached hydrogen (secondary N) is 1. The highest BCUT2D eigenvalue weighted by atomic mass is 35.5. The van der Waals surface area contributed by atoms with E-state index in [0.29, 0.717) is 16.9 Å². The zero-order valence-corrected chi connectivity index (χ0v) is 14.1. The van der Waals surface area contributed by atoms with Crippen molar-refractivity contribution in [1.82, 2.24) is 14.6 Å². The average Bonchev–Trinajstić information content (AvgIpc) is 3.17. The van der Waals surface area contributed by atoms with Gasteiger partial charge in [0.05, 0.1) is 0 Å². The summed E-state index contributed by atoms with van der Waals surface area (Å²) in [5.74, 6) is 0.441. The molecule has 2 unspecified atom stereocenters. The van der Waals surface area contributed by atoms with Crippen LogP contribution in [0.5, 0.6) is 0 Å². The first kappa shape index (κ1) is 14.7. The third-order valence-corrected chi connectivity index (χ3v) is 5.11. The summed E-state index contributed by atoms with van der Waals surface area (Å²) in [5.41, 5.74) is 1.91. The van der Waals surface area contributed by atoms with Crippen LogP contribution in [0, 0.1) is 0 Å². The lowest BCUT2D eigenvalue weighted by Gasteiger charge is -2.02. The first-order valence-electron chi connectivity index (χ1n) is 7.56. The topological polar surface area (TPSA) is 59.3 Å². The third-order valence-electron chi connectivity index (χ3n) is 4.04. The van der Waals surface area contributed by atoms with E-state index in [0.717, 1.165) is 28.7 Å². The molecule has 2 aromatic heterocycles. The van der Waals surface area contributed by atoms with Crippen molar-refractivity contribution in [2.75, 3.05) is 5.32 Å². The fourth-order valence-corrected chi connectivity index (χ4v) is 3.80. The van der Waals surface area contributed by atoms with E-state index >= 15 is 0 Å². The van der Waals surface area contributed by atoms with Crippen molar-refractivity contribution < 1.29 is 0 Å². The molecule has 0 spiro atoms. The van der Waals surface area contributed by atoms with E-state index in [9.17, 15) is 4.79 Å². The molecule has 1 aromatic carbocycles. The summed E-state index contributed by atoms with van der Waals surface area (Å²) >= 11 is 7.46. The van der Waals surface area contributed by atoms with Gasteiger partial charge >= 0.3 is 0 Å². The molecule has 0 saturated heterocycles. The average molecular weight is 347 g/mol. The van der Waals surface area contributed by atoms with Gasteiger partial charge < -0.3 is 5.32 Å². The Bertz CT molecular complexity index is 935. The molecule has 1 N–H and O–H groups in total. The van der Waals surface area contributed by atoms with Gasteiger partial charge in [0.1, 0.15) is 0 Å². The van der Waals surface area contributed by atoms with Crippen LogP contribution in [-0.4, -0.2) is 20.6 Å². The van der Waals surface area contributed by atoms with Gasteiger partial charge in [0.15, 0.2) is 0 Å². The van der Waals surface area contributed by atoms with Crippen LogP contribution < -0.4 is 10.9 Å². The molecule has 3 aromatic rings. The molecule has 7 heteroatoms. The second-order valence-corrected chi connectivity index (χ2v) is 7.08.